The summed E-state index contributed by atoms with van der Waals surface area (Å²) in [6.07, 6.45) is 11.2. The Balaban J connectivity index is 1.60. The van der Waals surface area contributed by atoms with E-state index in [-0.39, 0.29) is 29.0 Å². The SMILES string of the molecule is CC(C=CC(=O)O)C1CCC2C3CCC4CC(O)CCC4(C)C3CC(O)C12C. The van der Waals surface area contributed by atoms with E-state index >= 15 is 0 Å². The van der Waals surface area contributed by atoms with Crippen molar-refractivity contribution in [2.45, 2.75) is 84.3 Å². The van der Waals surface area contributed by atoms with Gasteiger partial charge in [-0.1, -0.05) is 26.8 Å². The fraction of sp³-hybridized carbons (Fsp3) is 0.875. The van der Waals surface area contributed by atoms with Crippen LogP contribution in [-0.2, 0) is 4.79 Å². The first-order valence-electron chi connectivity index (χ1n) is 11.4. The Morgan fingerprint density at radius 3 is 2.50 bits per heavy atom. The van der Waals surface area contributed by atoms with Crippen molar-refractivity contribution in [1.82, 2.24) is 0 Å². The third kappa shape index (κ3) is 2.98. The van der Waals surface area contributed by atoms with Crippen molar-refractivity contribution in [1.29, 1.82) is 0 Å². The zero-order chi connectivity index (χ0) is 20.3. The lowest BCUT2D eigenvalue weighted by molar-refractivity contribution is -0.173. The monoisotopic (exact) mass is 390 g/mol. The van der Waals surface area contributed by atoms with Crippen molar-refractivity contribution in [3.63, 3.8) is 0 Å². The van der Waals surface area contributed by atoms with Crippen LogP contribution in [0.2, 0.25) is 0 Å². The van der Waals surface area contributed by atoms with Crippen molar-refractivity contribution >= 4 is 5.97 Å². The van der Waals surface area contributed by atoms with Gasteiger partial charge in [-0.25, -0.2) is 4.79 Å². The van der Waals surface area contributed by atoms with Gasteiger partial charge in [0.25, 0.3) is 0 Å². The molecule has 0 amide bonds. The number of hydrogen-bond acceptors (Lipinski definition) is 3. The molecule has 28 heavy (non-hydrogen) atoms. The normalized spacial score (nSPS) is 52.0. The number of carbonyl (C=O) groups is 1. The molecule has 0 aliphatic heterocycles. The van der Waals surface area contributed by atoms with E-state index < -0.39 is 5.97 Å². The Labute approximate surface area is 169 Å². The Morgan fingerprint density at radius 1 is 1.04 bits per heavy atom. The first-order chi connectivity index (χ1) is 13.2. The second-order valence-electron chi connectivity index (χ2n) is 10.9. The lowest BCUT2D eigenvalue weighted by Gasteiger charge is -2.62. The van der Waals surface area contributed by atoms with E-state index in [2.05, 4.69) is 20.8 Å². The molecular formula is C24H38O4. The minimum atomic E-state index is -0.887. The fourth-order valence-electron chi connectivity index (χ4n) is 8.46. The van der Waals surface area contributed by atoms with E-state index in [1.165, 1.54) is 18.9 Å². The van der Waals surface area contributed by atoms with Crippen LogP contribution in [0.5, 0.6) is 0 Å². The van der Waals surface area contributed by atoms with Gasteiger partial charge in [-0.3, -0.25) is 0 Å². The van der Waals surface area contributed by atoms with Gasteiger partial charge in [-0.05, 0) is 97.7 Å². The van der Waals surface area contributed by atoms with Gasteiger partial charge in [-0.2, -0.15) is 0 Å². The summed E-state index contributed by atoms with van der Waals surface area (Å²) in [5, 5.41) is 30.6. The number of aliphatic hydroxyl groups excluding tert-OH is 2. The predicted molar refractivity (Wildman–Crippen MR) is 109 cm³/mol. The van der Waals surface area contributed by atoms with Gasteiger partial charge in [0.15, 0.2) is 0 Å². The van der Waals surface area contributed by atoms with Crippen LogP contribution in [0.1, 0.15) is 72.1 Å². The highest BCUT2D eigenvalue weighted by atomic mass is 16.4. The molecule has 0 spiro atoms. The van der Waals surface area contributed by atoms with E-state index in [0.29, 0.717) is 29.6 Å². The van der Waals surface area contributed by atoms with Crippen LogP contribution >= 0.6 is 0 Å². The number of aliphatic carboxylic acids is 1. The van der Waals surface area contributed by atoms with Crippen molar-refractivity contribution in [3.05, 3.63) is 12.2 Å². The molecule has 4 fully saturated rings. The molecule has 4 aliphatic carbocycles. The average Bonchev–Trinajstić information content (AvgIpc) is 3.00. The molecule has 0 aromatic rings. The minimum Gasteiger partial charge on any atom is -0.478 e. The smallest absolute Gasteiger partial charge is 0.327 e. The van der Waals surface area contributed by atoms with E-state index in [1.807, 2.05) is 6.08 Å². The van der Waals surface area contributed by atoms with Gasteiger partial charge >= 0.3 is 5.97 Å². The summed E-state index contributed by atoms with van der Waals surface area (Å²) >= 11 is 0. The molecule has 0 radical (unpaired) electrons. The van der Waals surface area contributed by atoms with E-state index in [0.717, 1.165) is 38.5 Å². The summed E-state index contributed by atoms with van der Waals surface area (Å²) in [5.74, 6) is 2.01. The minimum absolute atomic E-state index is 0.110. The van der Waals surface area contributed by atoms with E-state index in [9.17, 15) is 15.0 Å². The molecule has 10 atom stereocenters. The van der Waals surface area contributed by atoms with Gasteiger partial charge < -0.3 is 15.3 Å². The third-order valence-electron chi connectivity index (χ3n) is 9.99. The van der Waals surface area contributed by atoms with Crippen molar-refractivity contribution in [3.8, 4) is 0 Å². The molecule has 4 heteroatoms. The van der Waals surface area contributed by atoms with Gasteiger partial charge in [0.05, 0.1) is 12.2 Å². The summed E-state index contributed by atoms with van der Waals surface area (Å²) in [7, 11) is 0. The molecular weight excluding hydrogens is 352 g/mol. The number of carboxylic acid groups (broad SMARTS) is 1. The number of aliphatic hydroxyl groups is 2. The maximum Gasteiger partial charge on any atom is 0.327 e. The Bertz CT molecular complexity index is 645. The van der Waals surface area contributed by atoms with Crippen LogP contribution in [0.4, 0.5) is 0 Å². The zero-order valence-electron chi connectivity index (χ0n) is 17.7. The number of rotatable bonds is 3. The Morgan fingerprint density at radius 2 is 1.79 bits per heavy atom. The molecule has 4 rings (SSSR count). The summed E-state index contributed by atoms with van der Waals surface area (Å²) in [5.41, 5.74) is 0.151. The Kier molecular flexibility index (Phi) is 5.19. The first-order valence-corrected chi connectivity index (χ1v) is 11.4. The van der Waals surface area contributed by atoms with E-state index in [1.54, 1.807) is 0 Å². The predicted octanol–water partition coefficient (Wildman–Crippen LogP) is 4.25. The summed E-state index contributed by atoms with van der Waals surface area (Å²) in [6.45, 7) is 6.86. The lowest BCUT2D eigenvalue weighted by Crippen LogP contribution is -2.58. The van der Waals surface area contributed by atoms with Crippen LogP contribution in [-0.4, -0.2) is 33.5 Å². The molecule has 0 aromatic carbocycles. The van der Waals surface area contributed by atoms with Crippen molar-refractivity contribution in [2.24, 2.45) is 46.3 Å². The average molecular weight is 391 g/mol. The fourth-order valence-corrected chi connectivity index (χ4v) is 8.46. The molecule has 0 heterocycles. The lowest BCUT2D eigenvalue weighted by atomic mass is 9.43. The molecule has 4 saturated carbocycles. The second kappa shape index (κ2) is 7.12. The second-order valence-corrected chi connectivity index (χ2v) is 10.9. The number of fused-ring (bicyclic) bond motifs is 5. The standard InChI is InChI=1S/C24H38O4/c1-14(4-9-22(27)28)18-7-8-19-17-6-5-15-12-16(25)10-11-23(15,2)20(17)13-21(26)24(18,19)3/h4,9,14-21,25-26H,5-8,10-13H2,1-3H3,(H,27,28). The molecule has 3 N–H and O–H groups in total. The van der Waals surface area contributed by atoms with Gasteiger partial charge in [0.2, 0.25) is 0 Å². The molecule has 0 aromatic heterocycles. The van der Waals surface area contributed by atoms with Crippen molar-refractivity contribution < 1.29 is 20.1 Å². The first kappa shape index (κ1) is 20.4. The highest BCUT2D eigenvalue weighted by Crippen LogP contribution is 2.68. The third-order valence-corrected chi connectivity index (χ3v) is 9.99. The van der Waals surface area contributed by atoms with Crippen LogP contribution in [0.3, 0.4) is 0 Å². The Hall–Kier alpha value is -0.870. The zero-order valence-corrected chi connectivity index (χ0v) is 17.7. The van der Waals surface area contributed by atoms with Crippen molar-refractivity contribution in [2.75, 3.05) is 0 Å². The quantitative estimate of drug-likeness (QED) is 0.630. The molecule has 0 bridgehead atoms. The topological polar surface area (TPSA) is 77.8 Å². The number of hydrogen-bond donors (Lipinski definition) is 3. The van der Waals surface area contributed by atoms with Crippen LogP contribution < -0.4 is 0 Å². The van der Waals surface area contributed by atoms with Crippen LogP contribution in [0.25, 0.3) is 0 Å². The largest absolute Gasteiger partial charge is 0.478 e. The molecule has 158 valence electrons. The van der Waals surface area contributed by atoms with Crippen LogP contribution in [0.15, 0.2) is 12.2 Å². The summed E-state index contributed by atoms with van der Waals surface area (Å²) in [6, 6.07) is 0. The highest BCUT2D eigenvalue weighted by Gasteiger charge is 2.63. The highest BCUT2D eigenvalue weighted by molar-refractivity contribution is 5.79. The summed E-state index contributed by atoms with van der Waals surface area (Å²) < 4.78 is 0. The van der Waals surface area contributed by atoms with Gasteiger partial charge in [0, 0.05) is 6.08 Å². The maximum atomic E-state index is 11.4. The number of carboxylic acids is 1. The summed E-state index contributed by atoms with van der Waals surface area (Å²) in [4.78, 5) is 11.0. The van der Waals surface area contributed by atoms with E-state index in [4.69, 9.17) is 5.11 Å². The molecule has 4 nitrogen and oxygen atoms in total. The van der Waals surface area contributed by atoms with Gasteiger partial charge in [-0.15, -0.1) is 0 Å². The molecule has 0 saturated heterocycles. The maximum absolute atomic E-state index is 11.4. The number of allylic oxidation sites excluding steroid dienone is 1. The van der Waals surface area contributed by atoms with Gasteiger partial charge in [0.1, 0.15) is 0 Å². The molecule has 10 unspecified atom stereocenters. The van der Waals surface area contributed by atoms with Crippen LogP contribution in [0, 0.1) is 46.3 Å². The molecule has 4 aliphatic rings.